The number of nitriles is 1. The minimum atomic E-state index is 0.163. The average Bonchev–Trinajstić information content (AvgIpc) is 3.58. The van der Waals surface area contributed by atoms with Gasteiger partial charge < -0.3 is 14.7 Å². The quantitative estimate of drug-likeness (QED) is 0.329. The Morgan fingerprint density at radius 1 is 1.33 bits per heavy atom. The lowest BCUT2D eigenvalue weighted by Crippen LogP contribution is -2.39. The van der Waals surface area contributed by atoms with E-state index < -0.39 is 0 Å². The number of aliphatic imine (C=N–C) groups is 1. The zero-order valence-corrected chi connectivity index (χ0v) is 22.3. The largest absolute Gasteiger partial charge is 0.464 e. The summed E-state index contributed by atoms with van der Waals surface area (Å²) in [6.45, 7) is 8.96. The highest BCUT2D eigenvalue weighted by Crippen LogP contribution is 2.35. The van der Waals surface area contributed by atoms with E-state index in [-0.39, 0.29) is 6.61 Å². The van der Waals surface area contributed by atoms with Crippen LogP contribution in [0.2, 0.25) is 0 Å². The maximum atomic E-state index is 9.34. The summed E-state index contributed by atoms with van der Waals surface area (Å²) in [5, 5.41) is 23.0. The van der Waals surface area contributed by atoms with Gasteiger partial charge in [-0.3, -0.25) is 9.08 Å². The number of aliphatic hydroxyl groups is 1. The van der Waals surface area contributed by atoms with Crippen LogP contribution in [-0.4, -0.2) is 73.7 Å². The molecule has 0 aliphatic carbocycles. The minimum absolute atomic E-state index is 0.163. The lowest BCUT2D eigenvalue weighted by atomic mass is 9.98. The van der Waals surface area contributed by atoms with Crippen LogP contribution in [-0.2, 0) is 7.05 Å². The van der Waals surface area contributed by atoms with Crippen LogP contribution in [0, 0.1) is 17.2 Å². The first-order chi connectivity index (χ1) is 19.0. The number of benzene rings is 1. The van der Waals surface area contributed by atoms with E-state index >= 15 is 0 Å². The second-order valence-corrected chi connectivity index (χ2v) is 9.80. The van der Waals surface area contributed by atoms with Crippen molar-refractivity contribution in [2.24, 2.45) is 18.0 Å². The van der Waals surface area contributed by atoms with Gasteiger partial charge in [-0.2, -0.15) is 15.3 Å². The second-order valence-electron chi connectivity index (χ2n) is 9.80. The molecule has 10 heteroatoms. The first-order valence-electron chi connectivity index (χ1n) is 13.0. The molecule has 1 atom stereocenters. The zero-order valence-electron chi connectivity index (χ0n) is 22.3. The molecule has 5 rings (SSSR count). The first-order valence-corrected chi connectivity index (χ1v) is 13.0. The molecular formula is C29H32N8O2. The predicted molar refractivity (Wildman–Crippen MR) is 151 cm³/mol. The van der Waals surface area contributed by atoms with Crippen molar-refractivity contribution in [3.05, 3.63) is 59.5 Å². The number of aliphatic hydroxyl groups excluding tert-OH is 1. The first kappa shape index (κ1) is 26.3. The van der Waals surface area contributed by atoms with Crippen LogP contribution in [0.15, 0.2) is 47.8 Å². The number of ether oxygens (including phenoxy) is 1. The summed E-state index contributed by atoms with van der Waals surface area (Å²) in [4.78, 5) is 16.1. The summed E-state index contributed by atoms with van der Waals surface area (Å²) in [5.41, 5.74) is 5.47. The number of imidazole rings is 1. The fourth-order valence-electron chi connectivity index (χ4n) is 5.20. The Labute approximate surface area is 227 Å². The molecule has 4 aromatic rings. The topological polar surface area (TPSA) is 117 Å². The Morgan fingerprint density at radius 3 is 2.90 bits per heavy atom. The van der Waals surface area contributed by atoms with Gasteiger partial charge in [-0.25, -0.2) is 9.98 Å². The molecule has 10 nitrogen and oxygen atoms in total. The number of nitrogens with zero attached hydrogens (tertiary/aromatic N) is 8. The Kier molecular flexibility index (Phi) is 7.81. The number of allylic oxidation sites excluding steroid dienone is 1. The van der Waals surface area contributed by atoms with Gasteiger partial charge in [0.15, 0.2) is 11.5 Å². The Morgan fingerprint density at radius 2 is 2.15 bits per heavy atom. The zero-order chi connectivity index (χ0) is 27.4. The fourth-order valence-corrected chi connectivity index (χ4v) is 5.20. The standard InChI is InChI=1S/C29H32N8O2/c1-20(15-24-17-33-35(3)27(24)31-2)25-26(23-8-6-21(16-30)7-9-23)34-29(37-12-10-32-28(25)37)39-19-22-5-4-11-36(18-22)13-14-38/h6-10,12,15,17,22,38H,2,4-5,11,13-14,18-19H2,1,3H3/b20-15+/t22-/m1/s1. The van der Waals surface area contributed by atoms with E-state index in [1.165, 1.54) is 0 Å². The van der Waals surface area contributed by atoms with Gasteiger partial charge in [-0.1, -0.05) is 12.1 Å². The normalized spacial score (nSPS) is 16.4. The van der Waals surface area contributed by atoms with E-state index in [2.05, 4.69) is 27.8 Å². The molecule has 200 valence electrons. The van der Waals surface area contributed by atoms with E-state index in [1.54, 1.807) is 29.2 Å². The number of rotatable bonds is 9. The molecule has 1 aliphatic heterocycles. The number of aromatic nitrogens is 5. The molecule has 0 bridgehead atoms. The molecule has 0 spiro atoms. The van der Waals surface area contributed by atoms with Crippen molar-refractivity contribution in [2.45, 2.75) is 19.8 Å². The number of hydrogen-bond acceptors (Lipinski definition) is 8. The van der Waals surface area contributed by atoms with E-state index in [0.29, 0.717) is 42.2 Å². The molecule has 1 aromatic carbocycles. The smallest absolute Gasteiger partial charge is 0.302 e. The van der Waals surface area contributed by atoms with E-state index in [1.807, 2.05) is 42.8 Å². The molecule has 0 radical (unpaired) electrons. The molecule has 0 amide bonds. The number of piperidine rings is 1. The molecule has 4 heterocycles. The van der Waals surface area contributed by atoms with Crippen molar-refractivity contribution in [2.75, 3.05) is 32.8 Å². The van der Waals surface area contributed by atoms with Gasteiger partial charge in [-0.15, -0.1) is 0 Å². The summed E-state index contributed by atoms with van der Waals surface area (Å²) < 4.78 is 9.92. The number of likely N-dealkylation sites (tertiary alicyclic amines) is 1. The number of β-amino-alcohol motifs (C(OH)–C–C–N with tert-alkyl or cyclic N) is 1. The van der Waals surface area contributed by atoms with Gasteiger partial charge in [0.1, 0.15) is 0 Å². The molecule has 1 fully saturated rings. The summed E-state index contributed by atoms with van der Waals surface area (Å²) in [5.74, 6) is 1.02. The molecule has 39 heavy (non-hydrogen) atoms. The van der Waals surface area contributed by atoms with Crippen molar-refractivity contribution in [3.63, 3.8) is 0 Å². The van der Waals surface area contributed by atoms with Crippen LogP contribution < -0.4 is 4.74 Å². The predicted octanol–water partition coefficient (Wildman–Crippen LogP) is 3.98. The summed E-state index contributed by atoms with van der Waals surface area (Å²) in [6.07, 6.45) is 9.52. The third kappa shape index (κ3) is 5.46. The van der Waals surface area contributed by atoms with Crippen LogP contribution in [0.4, 0.5) is 5.82 Å². The van der Waals surface area contributed by atoms with E-state index in [0.717, 1.165) is 53.8 Å². The van der Waals surface area contributed by atoms with Crippen LogP contribution in [0.1, 0.15) is 36.5 Å². The van der Waals surface area contributed by atoms with Gasteiger partial charge in [0.05, 0.1) is 36.7 Å². The SMILES string of the molecule is C=Nc1c(/C=C(\C)c2c(-c3ccc(C#N)cc3)nc(OC[C@@H]3CCCN(CCO)C3)n3ccnc23)cnn1C. The van der Waals surface area contributed by atoms with Gasteiger partial charge in [-0.05, 0) is 56.8 Å². The Bertz CT molecular complexity index is 1540. The van der Waals surface area contributed by atoms with Crippen molar-refractivity contribution in [1.82, 2.24) is 29.0 Å². The third-order valence-corrected chi connectivity index (χ3v) is 7.12. The average molecular weight is 525 g/mol. The van der Waals surface area contributed by atoms with Gasteiger partial charge >= 0.3 is 6.01 Å². The summed E-state index contributed by atoms with van der Waals surface area (Å²) in [7, 11) is 1.83. The van der Waals surface area contributed by atoms with Gasteiger partial charge in [0, 0.05) is 55.1 Å². The number of fused-ring (bicyclic) bond motifs is 1. The lowest BCUT2D eigenvalue weighted by Gasteiger charge is -2.32. The molecule has 1 N–H and O–H groups in total. The number of hydrogen-bond donors (Lipinski definition) is 1. The van der Waals surface area contributed by atoms with Crippen molar-refractivity contribution >= 4 is 29.8 Å². The van der Waals surface area contributed by atoms with Crippen molar-refractivity contribution in [3.8, 4) is 23.3 Å². The highest BCUT2D eigenvalue weighted by molar-refractivity contribution is 5.93. The van der Waals surface area contributed by atoms with Crippen LogP contribution in [0.5, 0.6) is 6.01 Å². The van der Waals surface area contributed by atoms with Crippen molar-refractivity contribution < 1.29 is 9.84 Å². The maximum Gasteiger partial charge on any atom is 0.302 e. The minimum Gasteiger partial charge on any atom is -0.464 e. The number of aryl methyl sites for hydroxylation is 1. The summed E-state index contributed by atoms with van der Waals surface area (Å²) in [6, 6.07) is 10.0. The van der Waals surface area contributed by atoms with Gasteiger partial charge in [0.2, 0.25) is 0 Å². The monoisotopic (exact) mass is 524 g/mol. The van der Waals surface area contributed by atoms with E-state index in [4.69, 9.17) is 14.7 Å². The van der Waals surface area contributed by atoms with Gasteiger partial charge in [0.25, 0.3) is 0 Å². The molecule has 1 saturated heterocycles. The van der Waals surface area contributed by atoms with Crippen LogP contribution >= 0.6 is 0 Å². The van der Waals surface area contributed by atoms with Crippen LogP contribution in [0.3, 0.4) is 0 Å². The Hall–Kier alpha value is -4.33. The van der Waals surface area contributed by atoms with Crippen LogP contribution in [0.25, 0.3) is 28.6 Å². The molecule has 0 unspecified atom stereocenters. The Balaban J connectivity index is 1.57. The lowest BCUT2D eigenvalue weighted by molar-refractivity contribution is 0.107. The highest BCUT2D eigenvalue weighted by atomic mass is 16.5. The molecule has 1 aliphatic rings. The highest BCUT2D eigenvalue weighted by Gasteiger charge is 2.23. The molecular weight excluding hydrogens is 492 g/mol. The molecule has 3 aromatic heterocycles. The summed E-state index contributed by atoms with van der Waals surface area (Å²) >= 11 is 0. The maximum absolute atomic E-state index is 9.34. The molecule has 0 saturated carbocycles. The third-order valence-electron chi connectivity index (χ3n) is 7.12. The van der Waals surface area contributed by atoms with Crippen molar-refractivity contribution in [1.29, 1.82) is 5.26 Å². The van der Waals surface area contributed by atoms with E-state index in [9.17, 15) is 10.4 Å². The fraction of sp³-hybridized carbons (Fsp3) is 0.345. The second kappa shape index (κ2) is 11.6.